The highest BCUT2D eigenvalue weighted by atomic mass is 35.5. The van der Waals surface area contributed by atoms with Crippen LogP contribution in [0.15, 0.2) is 24.5 Å². The number of ether oxygens (including phenoxy) is 1. The van der Waals surface area contributed by atoms with Gasteiger partial charge in [-0.2, -0.15) is 0 Å². The molecule has 18 heavy (non-hydrogen) atoms. The number of hydrogen-bond acceptors (Lipinski definition) is 3. The van der Waals surface area contributed by atoms with Crippen molar-refractivity contribution in [1.29, 1.82) is 0 Å². The molecule has 3 N–H and O–H groups in total. The zero-order valence-corrected chi connectivity index (χ0v) is 11.0. The van der Waals surface area contributed by atoms with Gasteiger partial charge in [-0.3, -0.25) is 0 Å². The summed E-state index contributed by atoms with van der Waals surface area (Å²) in [5, 5.41) is 0.594. The molecular weight excluding hydrogens is 250 g/mol. The van der Waals surface area contributed by atoms with Crippen LogP contribution < -0.4 is 10.5 Å². The standard InChI is InChI=1S/C13H16ClN3O/c1-2-18-12-4-3-9(7-10(12)14)13-11(5-6-15)16-8-17-13/h3-4,7-8H,2,5-6,15H2,1H3,(H,16,17). The van der Waals surface area contributed by atoms with Gasteiger partial charge in [0.05, 0.1) is 23.7 Å². The quantitative estimate of drug-likeness (QED) is 0.874. The third kappa shape index (κ3) is 2.66. The van der Waals surface area contributed by atoms with E-state index in [0.717, 1.165) is 23.4 Å². The number of imidazole rings is 1. The molecule has 4 nitrogen and oxygen atoms in total. The van der Waals surface area contributed by atoms with Crippen molar-refractivity contribution in [3.8, 4) is 17.0 Å². The highest BCUT2D eigenvalue weighted by molar-refractivity contribution is 6.32. The normalized spacial score (nSPS) is 10.6. The van der Waals surface area contributed by atoms with Crippen molar-refractivity contribution in [2.75, 3.05) is 13.2 Å². The van der Waals surface area contributed by atoms with Gasteiger partial charge in [-0.25, -0.2) is 4.98 Å². The van der Waals surface area contributed by atoms with Gasteiger partial charge in [0, 0.05) is 17.7 Å². The molecule has 0 atom stereocenters. The Labute approximate surface area is 111 Å². The molecule has 1 aromatic carbocycles. The highest BCUT2D eigenvalue weighted by Gasteiger charge is 2.10. The van der Waals surface area contributed by atoms with Crippen LogP contribution in [0.25, 0.3) is 11.3 Å². The van der Waals surface area contributed by atoms with E-state index in [1.165, 1.54) is 0 Å². The molecule has 0 saturated carbocycles. The summed E-state index contributed by atoms with van der Waals surface area (Å²) in [6, 6.07) is 5.68. The first-order valence-electron chi connectivity index (χ1n) is 5.91. The minimum absolute atomic E-state index is 0.583. The van der Waals surface area contributed by atoms with Crippen LogP contribution in [-0.2, 0) is 6.42 Å². The van der Waals surface area contributed by atoms with Gasteiger partial charge in [-0.15, -0.1) is 0 Å². The van der Waals surface area contributed by atoms with Crippen molar-refractivity contribution in [2.45, 2.75) is 13.3 Å². The summed E-state index contributed by atoms with van der Waals surface area (Å²) in [5.74, 6) is 0.693. The molecule has 96 valence electrons. The van der Waals surface area contributed by atoms with Gasteiger partial charge in [0.15, 0.2) is 0 Å². The van der Waals surface area contributed by atoms with Crippen molar-refractivity contribution in [1.82, 2.24) is 9.97 Å². The van der Waals surface area contributed by atoms with E-state index in [9.17, 15) is 0 Å². The molecule has 0 amide bonds. The summed E-state index contributed by atoms with van der Waals surface area (Å²) in [6.07, 6.45) is 2.44. The Morgan fingerprint density at radius 2 is 2.28 bits per heavy atom. The predicted octanol–water partition coefficient (Wildman–Crippen LogP) is 2.63. The molecule has 0 aliphatic heterocycles. The Morgan fingerprint density at radius 1 is 1.44 bits per heavy atom. The summed E-state index contributed by atoms with van der Waals surface area (Å²) in [6.45, 7) is 3.11. The third-order valence-corrected chi connectivity index (χ3v) is 2.91. The first-order valence-corrected chi connectivity index (χ1v) is 6.29. The maximum Gasteiger partial charge on any atom is 0.137 e. The van der Waals surface area contributed by atoms with E-state index < -0.39 is 0 Å². The minimum Gasteiger partial charge on any atom is -0.492 e. The second-order valence-corrected chi connectivity index (χ2v) is 4.25. The maximum atomic E-state index is 6.17. The number of nitrogens with two attached hydrogens (primary N) is 1. The lowest BCUT2D eigenvalue weighted by Gasteiger charge is -2.07. The highest BCUT2D eigenvalue weighted by Crippen LogP contribution is 2.30. The van der Waals surface area contributed by atoms with Crippen LogP contribution in [-0.4, -0.2) is 23.1 Å². The number of benzene rings is 1. The molecule has 0 bridgehead atoms. The number of aromatic nitrogens is 2. The van der Waals surface area contributed by atoms with Crippen LogP contribution in [0.4, 0.5) is 0 Å². The van der Waals surface area contributed by atoms with Gasteiger partial charge in [0.1, 0.15) is 5.75 Å². The molecule has 0 spiro atoms. The van der Waals surface area contributed by atoms with E-state index >= 15 is 0 Å². The van der Waals surface area contributed by atoms with Crippen molar-refractivity contribution in [3.63, 3.8) is 0 Å². The van der Waals surface area contributed by atoms with Gasteiger partial charge in [-0.05, 0) is 31.7 Å². The summed E-state index contributed by atoms with van der Waals surface area (Å²) in [7, 11) is 0. The van der Waals surface area contributed by atoms with E-state index in [4.69, 9.17) is 22.1 Å². The van der Waals surface area contributed by atoms with Crippen LogP contribution in [0.2, 0.25) is 5.02 Å². The first-order chi connectivity index (χ1) is 8.76. The summed E-state index contributed by atoms with van der Waals surface area (Å²) in [4.78, 5) is 7.41. The van der Waals surface area contributed by atoms with Crippen LogP contribution in [0, 0.1) is 0 Å². The molecular formula is C13H16ClN3O. The Bertz CT molecular complexity index is 525. The second kappa shape index (κ2) is 5.89. The van der Waals surface area contributed by atoms with Gasteiger partial charge >= 0.3 is 0 Å². The summed E-state index contributed by atoms with van der Waals surface area (Å²) >= 11 is 6.17. The first kappa shape index (κ1) is 12.9. The van der Waals surface area contributed by atoms with E-state index in [2.05, 4.69) is 9.97 Å². The lowest BCUT2D eigenvalue weighted by atomic mass is 10.1. The fraction of sp³-hybridized carbons (Fsp3) is 0.308. The van der Waals surface area contributed by atoms with Gasteiger partial charge in [-0.1, -0.05) is 11.6 Å². The van der Waals surface area contributed by atoms with E-state index in [1.807, 2.05) is 25.1 Å². The molecule has 1 aromatic heterocycles. The van der Waals surface area contributed by atoms with Crippen molar-refractivity contribution in [2.24, 2.45) is 5.73 Å². The lowest BCUT2D eigenvalue weighted by molar-refractivity contribution is 0.340. The number of H-pyrrole nitrogens is 1. The fourth-order valence-corrected chi connectivity index (χ4v) is 2.06. The van der Waals surface area contributed by atoms with E-state index in [1.54, 1.807) is 6.33 Å². The molecule has 5 heteroatoms. The molecule has 2 aromatic rings. The zero-order valence-electron chi connectivity index (χ0n) is 10.2. The lowest BCUT2D eigenvalue weighted by Crippen LogP contribution is -2.04. The minimum atomic E-state index is 0.583. The molecule has 0 saturated heterocycles. The molecule has 0 aliphatic rings. The van der Waals surface area contributed by atoms with Gasteiger partial charge in [0.2, 0.25) is 0 Å². The number of hydrogen-bond donors (Lipinski definition) is 2. The van der Waals surface area contributed by atoms with E-state index in [0.29, 0.717) is 23.9 Å². The summed E-state index contributed by atoms with van der Waals surface area (Å²) < 4.78 is 5.41. The number of aromatic amines is 1. The monoisotopic (exact) mass is 265 g/mol. The molecule has 1 heterocycles. The Kier molecular flexibility index (Phi) is 4.23. The zero-order chi connectivity index (χ0) is 13.0. The number of nitrogens with one attached hydrogen (secondary N) is 1. The average molecular weight is 266 g/mol. The molecule has 0 fully saturated rings. The fourth-order valence-electron chi connectivity index (χ4n) is 1.83. The van der Waals surface area contributed by atoms with Gasteiger partial charge in [0.25, 0.3) is 0 Å². The Balaban J connectivity index is 2.33. The third-order valence-electron chi connectivity index (χ3n) is 2.62. The van der Waals surface area contributed by atoms with Crippen LogP contribution >= 0.6 is 11.6 Å². The van der Waals surface area contributed by atoms with Crippen molar-refractivity contribution in [3.05, 3.63) is 35.2 Å². The number of nitrogens with zero attached hydrogens (tertiary/aromatic N) is 1. The smallest absolute Gasteiger partial charge is 0.137 e. The number of rotatable bonds is 5. The van der Waals surface area contributed by atoms with Gasteiger partial charge < -0.3 is 15.5 Å². The average Bonchev–Trinajstić information content (AvgIpc) is 2.81. The molecule has 0 aliphatic carbocycles. The largest absolute Gasteiger partial charge is 0.492 e. The topological polar surface area (TPSA) is 63.9 Å². The van der Waals surface area contributed by atoms with E-state index in [-0.39, 0.29) is 0 Å². The second-order valence-electron chi connectivity index (χ2n) is 3.85. The summed E-state index contributed by atoms with van der Waals surface area (Å²) in [5.41, 5.74) is 8.45. The molecule has 0 radical (unpaired) electrons. The van der Waals surface area contributed by atoms with Crippen molar-refractivity contribution >= 4 is 11.6 Å². The molecule has 0 unspecified atom stereocenters. The van der Waals surface area contributed by atoms with Crippen LogP contribution in [0.5, 0.6) is 5.75 Å². The SMILES string of the molecule is CCOc1ccc(-c2nc[nH]c2CCN)cc1Cl. The van der Waals surface area contributed by atoms with Crippen molar-refractivity contribution < 1.29 is 4.74 Å². The number of halogens is 1. The van der Waals surface area contributed by atoms with Crippen LogP contribution in [0.1, 0.15) is 12.6 Å². The van der Waals surface area contributed by atoms with Crippen LogP contribution in [0.3, 0.4) is 0 Å². The maximum absolute atomic E-state index is 6.17. The Morgan fingerprint density at radius 3 is 2.94 bits per heavy atom. The molecule has 2 rings (SSSR count). The predicted molar refractivity (Wildman–Crippen MR) is 73.0 cm³/mol. The Hall–Kier alpha value is -1.52.